The summed E-state index contributed by atoms with van der Waals surface area (Å²) >= 11 is 9.26. The zero-order chi connectivity index (χ0) is 15.6. The molecule has 3 nitrogen and oxygen atoms in total. The predicted octanol–water partition coefficient (Wildman–Crippen LogP) is 4.31. The largest absolute Gasteiger partial charge is 0.396 e. The van der Waals surface area contributed by atoms with Crippen LogP contribution in [0.5, 0.6) is 0 Å². The molecule has 110 valence electrons. The van der Waals surface area contributed by atoms with Crippen molar-refractivity contribution in [1.82, 2.24) is 5.32 Å². The highest BCUT2D eigenvalue weighted by atomic mass is 79.9. The molecule has 6 heteroatoms. The van der Waals surface area contributed by atoms with Gasteiger partial charge in [-0.25, -0.2) is 4.39 Å². The van der Waals surface area contributed by atoms with Gasteiger partial charge in [0, 0.05) is 9.50 Å². The first-order chi connectivity index (χ1) is 9.90. The van der Waals surface area contributed by atoms with Crippen molar-refractivity contribution >= 4 is 39.1 Å². The Morgan fingerprint density at radius 2 is 2.05 bits per heavy atom. The minimum Gasteiger partial charge on any atom is -0.396 e. The van der Waals surface area contributed by atoms with Crippen LogP contribution in [0.1, 0.15) is 28.9 Å². The van der Waals surface area contributed by atoms with Crippen LogP contribution in [0.15, 0.2) is 40.9 Å². The lowest BCUT2D eigenvalue weighted by Crippen LogP contribution is -2.27. The van der Waals surface area contributed by atoms with Crippen molar-refractivity contribution in [1.29, 1.82) is 0 Å². The van der Waals surface area contributed by atoms with Crippen LogP contribution < -0.4 is 11.1 Å². The number of halogens is 3. The number of carbonyl (C=O) groups excluding carboxylic acids is 1. The number of benzene rings is 2. The van der Waals surface area contributed by atoms with Gasteiger partial charge in [0.1, 0.15) is 5.82 Å². The Balaban J connectivity index is 2.22. The molecule has 2 aromatic carbocycles. The molecule has 0 spiro atoms. The highest BCUT2D eigenvalue weighted by Gasteiger charge is 2.17. The first-order valence-electron chi connectivity index (χ1n) is 6.20. The van der Waals surface area contributed by atoms with E-state index in [1.807, 2.05) is 25.1 Å². The molecule has 0 radical (unpaired) electrons. The maximum absolute atomic E-state index is 13.3. The summed E-state index contributed by atoms with van der Waals surface area (Å²) in [6.07, 6.45) is 0. The van der Waals surface area contributed by atoms with E-state index in [0.29, 0.717) is 9.50 Å². The fourth-order valence-corrected chi connectivity index (χ4v) is 2.71. The van der Waals surface area contributed by atoms with Crippen molar-refractivity contribution in [2.75, 3.05) is 5.73 Å². The third kappa shape index (κ3) is 3.54. The van der Waals surface area contributed by atoms with Gasteiger partial charge in [0.25, 0.3) is 5.91 Å². The standard InChI is InChI=1S/C15H13BrClFN2O/c1-8(9-4-2-3-5-12(9)17)20-15(21)10-6-14(19)13(18)7-11(10)16/h2-8H,19H2,1H3,(H,20,21). The van der Waals surface area contributed by atoms with Gasteiger partial charge in [-0.3, -0.25) is 4.79 Å². The van der Waals surface area contributed by atoms with Crippen molar-refractivity contribution < 1.29 is 9.18 Å². The molecule has 0 heterocycles. The molecule has 0 aliphatic rings. The van der Waals surface area contributed by atoms with Gasteiger partial charge in [-0.05, 0) is 46.6 Å². The number of nitrogens with one attached hydrogen (secondary N) is 1. The summed E-state index contributed by atoms with van der Waals surface area (Å²) in [7, 11) is 0. The fraction of sp³-hybridized carbons (Fsp3) is 0.133. The van der Waals surface area contributed by atoms with E-state index < -0.39 is 5.82 Å². The number of hydrogen-bond acceptors (Lipinski definition) is 2. The summed E-state index contributed by atoms with van der Waals surface area (Å²) in [6, 6.07) is 9.43. The number of rotatable bonds is 3. The van der Waals surface area contributed by atoms with E-state index in [4.69, 9.17) is 17.3 Å². The van der Waals surface area contributed by atoms with E-state index >= 15 is 0 Å². The van der Waals surface area contributed by atoms with Crippen molar-refractivity contribution in [3.05, 3.63) is 62.8 Å². The molecule has 1 atom stereocenters. The third-order valence-electron chi connectivity index (χ3n) is 3.05. The van der Waals surface area contributed by atoms with Crippen LogP contribution in [0, 0.1) is 5.82 Å². The van der Waals surface area contributed by atoms with E-state index in [1.54, 1.807) is 6.07 Å². The van der Waals surface area contributed by atoms with Crippen LogP contribution in [0.25, 0.3) is 0 Å². The smallest absolute Gasteiger partial charge is 0.252 e. The molecular formula is C15H13BrClFN2O. The Labute approximate surface area is 135 Å². The Hall–Kier alpha value is -1.59. The molecule has 0 aliphatic heterocycles. The molecular weight excluding hydrogens is 359 g/mol. The molecule has 21 heavy (non-hydrogen) atoms. The molecule has 0 saturated heterocycles. The Morgan fingerprint density at radius 3 is 2.71 bits per heavy atom. The minimum atomic E-state index is -0.572. The Morgan fingerprint density at radius 1 is 1.38 bits per heavy atom. The van der Waals surface area contributed by atoms with Crippen LogP contribution in [0.3, 0.4) is 0 Å². The molecule has 1 amide bonds. The summed E-state index contributed by atoms with van der Waals surface area (Å²) in [5.41, 5.74) is 6.50. The molecule has 2 rings (SSSR count). The number of nitrogens with two attached hydrogens (primary N) is 1. The van der Waals surface area contributed by atoms with E-state index in [9.17, 15) is 9.18 Å². The summed E-state index contributed by atoms with van der Waals surface area (Å²) in [4.78, 5) is 12.3. The lowest BCUT2D eigenvalue weighted by Gasteiger charge is -2.16. The Bertz CT molecular complexity index is 693. The summed E-state index contributed by atoms with van der Waals surface area (Å²) < 4.78 is 13.6. The summed E-state index contributed by atoms with van der Waals surface area (Å²) in [5, 5.41) is 3.38. The second kappa shape index (κ2) is 6.45. The highest BCUT2D eigenvalue weighted by Crippen LogP contribution is 2.25. The highest BCUT2D eigenvalue weighted by molar-refractivity contribution is 9.10. The summed E-state index contributed by atoms with van der Waals surface area (Å²) in [6.45, 7) is 1.82. The topological polar surface area (TPSA) is 55.1 Å². The lowest BCUT2D eigenvalue weighted by atomic mass is 10.1. The second-order valence-corrected chi connectivity index (χ2v) is 5.83. The zero-order valence-electron chi connectivity index (χ0n) is 11.2. The van der Waals surface area contributed by atoms with Crippen LogP contribution in [-0.2, 0) is 0 Å². The van der Waals surface area contributed by atoms with Gasteiger partial charge in [0.05, 0.1) is 17.3 Å². The number of anilines is 1. The van der Waals surface area contributed by atoms with E-state index in [2.05, 4.69) is 21.2 Å². The van der Waals surface area contributed by atoms with Crippen LogP contribution >= 0.6 is 27.5 Å². The van der Waals surface area contributed by atoms with Crippen molar-refractivity contribution in [3.8, 4) is 0 Å². The average molecular weight is 372 g/mol. The van der Waals surface area contributed by atoms with Gasteiger partial charge in [-0.2, -0.15) is 0 Å². The maximum atomic E-state index is 13.3. The van der Waals surface area contributed by atoms with E-state index in [0.717, 1.165) is 5.56 Å². The van der Waals surface area contributed by atoms with Crippen LogP contribution in [-0.4, -0.2) is 5.91 Å². The second-order valence-electron chi connectivity index (χ2n) is 4.57. The van der Waals surface area contributed by atoms with Gasteiger partial charge in [-0.1, -0.05) is 29.8 Å². The van der Waals surface area contributed by atoms with Crippen molar-refractivity contribution in [3.63, 3.8) is 0 Å². The van der Waals surface area contributed by atoms with Crippen LogP contribution in [0.2, 0.25) is 5.02 Å². The normalized spacial score (nSPS) is 12.0. The number of nitrogen functional groups attached to an aromatic ring is 1. The molecule has 0 saturated carbocycles. The monoisotopic (exact) mass is 370 g/mol. The molecule has 0 aromatic heterocycles. The van der Waals surface area contributed by atoms with Crippen LogP contribution in [0.4, 0.5) is 10.1 Å². The van der Waals surface area contributed by atoms with E-state index in [1.165, 1.54) is 12.1 Å². The van der Waals surface area contributed by atoms with Crippen molar-refractivity contribution in [2.24, 2.45) is 0 Å². The molecule has 0 aliphatic carbocycles. The third-order valence-corrected chi connectivity index (χ3v) is 4.05. The van der Waals surface area contributed by atoms with Gasteiger partial charge >= 0.3 is 0 Å². The fourth-order valence-electron chi connectivity index (χ4n) is 1.92. The van der Waals surface area contributed by atoms with Gasteiger partial charge in [0.2, 0.25) is 0 Å². The molecule has 2 aromatic rings. The number of hydrogen-bond donors (Lipinski definition) is 2. The molecule has 1 unspecified atom stereocenters. The molecule has 0 bridgehead atoms. The van der Waals surface area contributed by atoms with Crippen molar-refractivity contribution in [2.45, 2.75) is 13.0 Å². The predicted molar refractivity (Wildman–Crippen MR) is 85.8 cm³/mol. The van der Waals surface area contributed by atoms with Gasteiger partial charge in [-0.15, -0.1) is 0 Å². The average Bonchev–Trinajstić information content (AvgIpc) is 2.43. The number of amides is 1. The molecule has 0 fully saturated rings. The SMILES string of the molecule is CC(NC(=O)c1cc(N)c(F)cc1Br)c1ccccc1Cl. The zero-order valence-corrected chi connectivity index (χ0v) is 13.5. The summed E-state index contributed by atoms with van der Waals surface area (Å²) in [5.74, 6) is -0.932. The minimum absolute atomic E-state index is 0.0752. The first-order valence-corrected chi connectivity index (χ1v) is 7.37. The van der Waals surface area contributed by atoms with E-state index in [-0.39, 0.29) is 23.2 Å². The van der Waals surface area contributed by atoms with Gasteiger partial charge in [0.15, 0.2) is 0 Å². The Kier molecular flexibility index (Phi) is 4.85. The maximum Gasteiger partial charge on any atom is 0.252 e. The quantitative estimate of drug-likeness (QED) is 0.790. The number of carbonyl (C=O) groups is 1. The first kappa shape index (κ1) is 15.8. The molecule has 3 N–H and O–H groups in total. The van der Waals surface area contributed by atoms with Gasteiger partial charge < -0.3 is 11.1 Å². The lowest BCUT2D eigenvalue weighted by molar-refractivity contribution is 0.0939.